The van der Waals surface area contributed by atoms with Gasteiger partial charge in [-0.2, -0.15) is 62.6 Å². The Morgan fingerprint density at radius 3 is 1.55 bits per heavy atom. The van der Waals surface area contributed by atoms with Gasteiger partial charge in [0, 0.05) is 12.0 Å². The predicted molar refractivity (Wildman–Crippen MR) is 124 cm³/mol. The van der Waals surface area contributed by atoms with Gasteiger partial charge >= 0.3 is 0 Å². The van der Waals surface area contributed by atoms with Gasteiger partial charge in [0.2, 0.25) is 0 Å². The highest BCUT2D eigenvalue weighted by molar-refractivity contribution is 8.13. The summed E-state index contributed by atoms with van der Waals surface area (Å²) in [5.41, 5.74) is 0. The molecule has 0 radical (unpaired) electrons. The summed E-state index contributed by atoms with van der Waals surface area (Å²) in [5, 5.41) is 0. The lowest BCUT2D eigenvalue weighted by Gasteiger charge is -2.32. The number of thiol groups is 2. The third kappa shape index (κ3) is 12.6. The highest BCUT2D eigenvalue weighted by Crippen LogP contribution is 2.38. The molecule has 3 N–H and O–H groups in total. The van der Waals surface area contributed by atoms with E-state index in [0.717, 1.165) is 0 Å². The number of rotatable bonds is 17. The van der Waals surface area contributed by atoms with E-state index in [1.54, 1.807) is 0 Å². The van der Waals surface area contributed by atoms with Crippen molar-refractivity contribution >= 4 is 77.8 Å². The molecule has 0 aromatic carbocycles. The summed E-state index contributed by atoms with van der Waals surface area (Å²) in [6, 6.07) is 0. The van der Waals surface area contributed by atoms with Crippen LogP contribution in [0.4, 0.5) is 0 Å². The molecular formula is C12H26O12S7. The molecule has 1 atom stereocenters. The molecule has 0 aliphatic heterocycles. The van der Waals surface area contributed by atoms with E-state index in [9.17, 15) is 38.2 Å². The van der Waals surface area contributed by atoms with Crippen molar-refractivity contribution in [3.05, 3.63) is 0 Å². The van der Waals surface area contributed by atoms with Crippen LogP contribution in [0.3, 0.4) is 0 Å². The van der Waals surface area contributed by atoms with Crippen molar-refractivity contribution in [1.29, 1.82) is 0 Å². The maximum absolute atomic E-state index is 13.0. The smallest absolute Gasteiger partial charge is 0.283 e. The fourth-order valence-electron chi connectivity index (χ4n) is 2.63. The third-order valence-electron chi connectivity index (χ3n) is 4.10. The maximum Gasteiger partial charge on any atom is 0.283 e. The molecule has 0 aromatic heterocycles. The van der Waals surface area contributed by atoms with Gasteiger partial charge in [-0.3, -0.25) is 13.7 Å². The molecule has 0 heterocycles. The van der Waals surface area contributed by atoms with Crippen LogP contribution in [0.25, 0.3) is 0 Å². The Labute approximate surface area is 198 Å². The molecule has 0 saturated carbocycles. The summed E-state index contributed by atoms with van der Waals surface area (Å²) in [4.78, 5) is 0. The first kappa shape index (κ1) is 31.7. The fraction of sp³-hybridized carbons (Fsp3) is 1.00. The van der Waals surface area contributed by atoms with E-state index in [2.05, 4.69) is 25.3 Å². The Morgan fingerprint density at radius 1 is 0.774 bits per heavy atom. The molecule has 0 bridgehead atoms. The van der Waals surface area contributed by atoms with E-state index >= 15 is 0 Å². The van der Waals surface area contributed by atoms with Crippen molar-refractivity contribution in [2.24, 2.45) is 0 Å². The van der Waals surface area contributed by atoms with Crippen LogP contribution in [0.5, 0.6) is 0 Å². The Balaban J connectivity index is 5.89. The van der Waals surface area contributed by atoms with Crippen molar-refractivity contribution in [2.75, 3.05) is 23.0 Å². The Morgan fingerprint density at radius 2 is 1.23 bits per heavy atom. The van der Waals surface area contributed by atoms with Gasteiger partial charge in [0.1, 0.15) is 0 Å². The molecule has 12 nitrogen and oxygen atoms in total. The second-order valence-corrected chi connectivity index (χ2v) is 15.5. The van der Waals surface area contributed by atoms with E-state index in [1.165, 1.54) is 0 Å². The van der Waals surface area contributed by atoms with Gasteiger partial charge in [-0.05, 0) is 50.0 Å². The zero-order valence-electron chi connectivity index (χ0n) is 16.1. The van der Waals surface area contributed by atoms with E-state index in [0.29, 0.717) is 0 Å². The van der Waals surface area contributed by atoms with Crippen LogP contribution in [0.1, 0.15) is 38.5 Å². The molecule has 19 heteroatoms. The van der Waals surface area contributed by atoms with Gasteiger partial charge in [0.05, 0.1) is 16.3 Å². The van der Waals surface area contributed by atoms with Gasteiger partial charge < -0.3 is 0 Å². The SMILES string of the molecule is O=S(=O)(O)CCCC(CCS)(CCCS(=O)(=O)O)S(=O)(=O)OSC(CCS)S(=O)(=O)O. The first-order valence-electron chi connectivity index (χ1n) is 8.57. The van der Waals surface area contributed by atoms with Gasteiger partial charge in [0.15, 0.2) is 4.58 Å². The van der Waals surface area contributed by atoms with E-state index in [4.69, 9.17) is 12.7 Å². The average Bonchev–Trinajstić information content (AvgIpc) is 2.55. The molecule has 1 unspecified atom stereocenters. The van der Waals surface area contributed by atoms with Crippen LogP contribution < -0.4 is 0 Å². The topological polar surface area (TPSA) is 206 Å². The van der Waals surface area contributed by atoms with Crippen molar-refractivity contribution in [1.82, 2.24) is 0 Å². The average molecular weight is 587 g/mol. The maximum atomic E-state index is 13.0. The molecule has 31 heavy (non-hydrogen) atoms. The standard InChI is InChI=1S/C12H26O12S7/c13-28(14,15)9-1-4-12(6-8-26,5-2-10-29(16,17)18)31(22,23)24-27-11(3-7-25)30(19,20)21/h11,25-26H,1-10H2,(H,13,14,15)(H,16,17,18)(H,19,20,21). The first-order chi connectivity index (χ1) is 13.9. The van der Waals surface area contributed by atoms with Gasteiger partial charge in [-0.1, -0.05) is 0 Å². The van der Waals surface area contributed by atoms with Gasteiger partial charge in [-0.25, -0.2) is 0 Å². The Hall–Kier alpha value is 0.690. The lowest BCUT2D eigenvalue weighted by atomic mass is 9.94. The van der Waals surface area contributed by atoms with Crippen LogP contribution in [-0.2, 0) is 44.1 Å². The molecule has 0 aliphatic carbocycles. The minimum atomic E-state index is -4.70. The van der Waals surface area contributed by atoms with Crippen LogP contribution in [0.15, 0.2) is 0 Å². The zero-order chi connectivity index (χ0) is 24.6. The Kier molecular flexibility index (Phi) is 13.2. The van der Waals surface area contributed by atoms with E-state index in [-0.39, 0.29) is 49.2 Å². The van der Waals surface area contributed by atoms with Crippen molar-refractivity contribution in [3.8, 4) is 0 Å². The van der Waals surface area contributed by atoms with Crippen LogP contribution >= 0.6 is 37.3 Å². The molecule has 0 fully saturated rings. The summed E-state index contributed by atoms with van der Waals surface area (Å²) in [6.07, 6.45) is -1.98. The van der Waals surface area contributed by atoms with E-state index in [1.807, 2.05) is 0 Å². The summed E-state index contributed by atoms with van der Waals surface area (Å²) in [7, 11) is -18.2. The molecule has 0 aliphatic rings. The summed E-state index contributed by atoms with van der Waals surface area (Å²) >= 11 is 7.77. The molecule has 0 rings (SSSR count). The van der Waals surface area contributed by atoms with Gasteiger partial charge in [-0.15, -0.1) is 0 Å². The van der Waals surface area contributed by atoms with Crippen molar-refractivity contribution in [2.45, 2.75) is 47.9 Å². The Bertz CT molecular complexity index is 931. The minimum absolute atomic E-state index is 0.0225. The quantitative estimate of drug-likeness (QED) is 0.0913. The highest BCUT2D eigenvalue weighted by atomic mass is 32.3. The summed E-state index contributed by atoms with van der Waals surface area (Å²) in [6.45, 7) is 0. The first-order valence-corrected chi connectivity index (χ1v) is 16.8. The normalized spacial score (nSPS) is 15.1. The van der Waals surface area contributed by atoms with Crippen molar-refractivity contribution < 1.29 is 51.0 Å². The second kappa shape index (κ2) is 13.0. The largest absolute Gasteiger partial charge is 0.286 e. The highest BCUT2D eigenvalue weighted by Gasteiger charge is 2.45. The molecule has 0 aromatic rings. The molecule has 0 amide bonds. The predicted octanol–water partition coefficient (Wildman–Crippen LogP) is 0.910. The van der Waals surface area contributed by atoms with E-state index < -0.39 is 74.1 Å². The van der Waals surface area contributed by atoms with Crippen molar-refractivity contribution in [3.63, 3.8) is 0 Å². The summed E-state index contributed by atoms with van der Waals surface area (Å²) in [5.74, 6) is -1.64. The van der Waals surface area contributed by atoms with Crippen LogP contribution in [0, 0.1) is 0 Å². The molecular weight excluding hydrogens is 561 g/mol. The number of hydrogen-bond acceptors (Lipinski definition) is 12. The van der Waals surface area contributed by atoms with Crippen LogP contribution in [-0.4, -0.2) is 79.7 Å². The monoisotopic (exact) mass is 586 g/mol. The molecule has 0 spiro atoms. The zero-order valence-corrected chi connectivity index (χ0v) is 22.0. The summed E-state index contributed by atoms with van der Waals surface area (Å²) < 4.78 is 121. The molecule has 0 saturated heterocycles. The van der Waals surface area contributed by atoms with Crippen LogP contribution in [0.2, 0.25) is 0 Å². The lowest BCUT2D eigenvalue weighted by molar-refractivity contribution is 0.390. The lowest BCUT2D eigenvalue weighted by Crippen LogP contribution is -2.41. The fourth-order valence-corrected chi connectivity index (χ4v) is 8.63. The second-order valence-electron chi connectivity index (χ2n) is 6.51. The molecule has 188 valence electrons. The third-order valence-corrected chi connectivity index (χ3v) is 11.2. The van der Waals surface area contributed by atoms with Gasteiger partial charge in [0.25, 0.3) is 40.5 Å². The number of hydrogen-bond donors (Lipinski definition) is 5. The minimum Gasteiger partial charge on any atom is -0.286 e.